The van der Waals surface area contributed by atoms with Crippen LogP contribution in [-0.2, 0) is 13.1 Å². The Kier molecular flexibility index (Phi) is 6.09. The molecule has 1 aromatic carbocycles. The number of Topliss-reactive ketones (excluding diaryl/α,β-unsaturated/α-hetero) is 1. The highest BCUT2D eigenvalue weighted by molar-refractivity contribution is 6.16. The molecule has 2 aliphatic heterocycles. The Bertz CT molecular complexity index is 1220. The number of halogens is 1. The zero-order chi connectivity index (χ0) is 22.8. The number of benzene rings is 1. The van der Waals surface area contributed by atoms with Crippen molar-refractivity contribution in [2.75, 3.05) is 13.1 Å². The molecule has 2 aromatic heterocycles. The molecule has 5 rings (SSSR count). The first kappa shape index (κ1) is 21.6. The largest absolute Gasteiger partial charge is 0.297 e. The maximum atomic E-state index is 14.0. The van der Waals surface area contributed by atoms with E-state index in [1.165, 1.54) is 6.07 Å². The van der Waals surface area contributed by atoms with Gasteiger partial charge in [0.1, 0.15) is 5.82 Å². The molecule has 0 aliphatic carbocycles. The van der Waals surface area contributed by atoms with Crippen molar-refractivity contribution >= 4 is 11.5 Å². The molecule has 168 valence electrons. The van der Waals surface area contributed by atoms with Gasteiger partial charge in [0.2, 0.25) is 0 Å². The summed E-state index contributed by atoms with van der Waals surface area (Å²) in [7, 11) is 0. The van der Waals surface area contributed by atoms with Crippen LogP contribution in [0.25, 0.3) is 0 Å². The number of hydrogen-bond donors (Lipinski definition) is 0. The summed E-state index contributed by atoms with van der Waals surface area (Å²) in [6.45, 7) is 4.79. The third-order valence-corrected chi connectivity index (χ3v) is 6.55. The van der Waals surface area contributed by atoms with Gasteiger partial charge in [-0.15, -0.1) is 0 Å². The van der Waals surface area contributed by atoms with Crippen LogP contribution >= 0.6 is 0 Å². The van der Waals surface area contributed by atoms with E-state index in [1.807, 2.05) is 37.3 Å². The average Bonchev–Trinajstić information content (AvgIpc) is 3.24. The van der Waals surface area contributed by atoms with Gasteiger partial charge in [-0.1, -0.05) is 12.1 Å². The smallest absolute Gasteiger partial charge is 0.163 e. The fraction of sp³-hybridized carbons (Fsp3) is 0.333. The first-order valence-corrected chi connectivity index (χ1v) is 11.5. The molecule has 0 bridgehead atoms. The second kappa shape index (κ2) is 9.32. The average molecular weight is 443 g/mol. The minimum absolute atomic E-state index is 0.158. The van der Waals surface area contributed by atoms with Crippen LogP contribution in [0.3, 0.4) is 0 Å². The second-order valence-electron chi connectivity index (χ2n) is 9.03. The summed E-state index contributed by atoms with van der Waals surface area (Å²) in [5.74, 6) is 0.156. The number of hydrogen-bond acceptors (Lipinski definition) is 5. The third kappa shape index (κ3) is 4.76. The van der Waals surface area contributed by atoms with Crippen molar-refractivity contribution in [3.8, 4) is 0 Å². The van der Waals surface area contributed by atoms with Gasteiger partial charge in [-0.3, -0.25) is 24.7 Å². The third-order valence-electron chi connectivity index (χ3n) is 6.55. The maximum Gasteiger partial charge on any atom is 0.163 e. The predicted octanol–water partition coefficient (Wildman–Crippen LogP) is 4.76. The lowest BCUT2D eigenvalue weighted by Crippen LogP contribution is -2.36. The first-order valence-electron chi connectivity index (χ1n) is 11.5. The molecule has 6 heteroatoms. The molecular weight excluding hydrogens is 415 g/mol. The second-order valence-corrected chi connectivity index (χ2v) is 9.03. The predicted molar refractivity (Wildman–Crippen MR) is 126 cm³/mol. The number of ketones is 1. The van der Waals surface area contributed by atoms with Crippen molar-refractivity contribution in [1.82, 2.24) is 14.9 Å². The van der Waals surface area contributed by atoms with Crippen molar-refractivity contribution in [3.63, 3.8) is 0 Å². The van der Waals surface area contributed by atoms with Crippen LogP contribution in [0.1, 0.15) is 57.7 Å². The quantitative estimate of drug-likeness (QED) is 0.517. The van der Waals surface area contributed by atoms with E-state index in [9.17, 15) is 9.18 Å². The van der Waals surface area contributed by atoms with Crippen molar-refractivity contribution in [3.05, 3.63) is 94.3 Å². The van der Waals surface area contributed by atoms with Crippen LogP contribution in [-0.4, -0.2) is 39.5 Å². The highest BCUT2D eigenvalue weighted by Crippen LogP contribution is 2.27. The van der Waals surface area contributed by atoms with Crippen LogP contribution in [0.5, 0.6) is 0 Å². The number of aryl methyl sites for hydroxylation is 1. The highest BCUT2D eigenvalue weighted by atomic mass is 19.1. The molecule has 3 aromatic rings. The standard InChI is InChI=1S/C27H27FN4O/c1-18-12-21(8-10-29-18)27-23-14-20(6-7-22(23)15-31-27)26(33)13-19-4-3-11-32(16-19)17-25-24(28)5-2-9-30-25/h2,5-10,12,14,19H,3-4,11,13,15-17H2,1H3/t19-/m0/s1. The number of fused-ring (bicyclic) bond motifs is 1. The molecule has 33 heavy (non-hydrogen) atoms. The van der Waals surface area contributed by atoms with Gasteiger partial charge in [-0.2, -0.15) is 0 Å². The lowest BCUT2D eigenvalue weighted by Gasteiger charge is -2.32. The summed E-state index contributed by atoms with van der Waals surface area (Å²) in [6.07, 6.45) is 5.95. The van der Waals surface area contributed by atoms with Gasteiger partial charge in [-0.05, 0) is 68.1 Å². The van der Waals surface area contributed by atoms with E-state index in [1.54, 1.807) is 18.5 Å². The number of piperidine rings is 1. The van der Waals surface area contributed by atoms with E-state index < -0.39 is 0 Å². The number of aliphatic imine (C=N–C) groups is 1. The van der Waals surface area contributed by atoms with Crippen molar-refractivity contribution in [1.29, 1.82) is 0 Å². The van der Waals surface area contributed by atoms with E-state index in [-0.39, 0.29) is 17.5 Å². The molecule has 5 nitrogen and oxygen atoms in total. The zero-order valence-electron chi connectivity index (χ0n) is 18.8. The van der Waals surface area contributed by atoms with Crippen molar-refractivity contribution in [2.45, 2.75) is 39.3 Å². The van der Waals surface area contributed by atoms with E-state index in [0.29, 0.717) is 25.2 Å². The van der Waals surface area contributed by atoms with Crippen LogP contribution in [0, 0.1) is 18.7 Å². The molecule has 0 saturated carbocycles. The fourth-order valence-corrected chi connectivity index (χ4v) is 4.89. The minimum Gasteiger partial charge on any atom is -0.297 e. The molecule has 1 saturated heterocycles. The lowest BCUT2D eigenvalue weighted by atomic mass is 9.89. The highest BCUT2D eigenvalue weighted by Gasteiger charge is 2.25. The number of nitrogens with zero attached hydrogens (tertiary/aromatic N) is 4. The molecule has 4 heterocycles. The van der Waals surface area contributed by atoms with Gasteiger partial charge in [0, 0.05) is 54.3 Å². The summed E-state index contributed by atoms with van der Waals surface area (Å²) in [5, 5.41) is 0. The summed E-state index contributed by atoms with van der Waals surface area (Å²) in [6, 6.07) is 13.0. The monoisotopic (exact) mass is 442 g/mol. The molecule has 2 aliphatic rings. The van der Waals surface area contributed by atoms with E-state index in [0.717, 1.165) is 59.6 Å². The Morgan fingerprint density at radius 2 is 2.06 bits per heavy atom. The van der Waals surface area contributed by atoms with Gasteiger partial charge >= 0.3 is 0 Å². The van der Waals surface area contributed by atoms with Gasteiger partial charge < -0.3 is 0 Å². The summed E-state index contributed by atoms with van der Waals surface area (Å²) >= 11 is 0. The Morgan fingerprint density at radius 3 is 2.91 bits per heavy atom. The topological polar surface area (TPSA) is 58.5 Å². The zero-order valence-corrected chi connectivity index (χ0v) is 18.8. The van der Waals surface area contributed by atoms with Gasteiger partial charge in [-0.25, -0.2) is 4.39 Å². The van der Waals surface area contributed by atoms with Crippen LogP contribution in [0.2, 0.25) is 0 Å². The molecule has 1 atom stereocenters. The van der Waals surface area contributed by atoms with Crippen molar-refractivity contribution < 1.29 is 9.18 Å². The van der Waals surface area contributed by atoms with Gasteiger partial charge in [0.15, 0.2) is 5.78 Å². The van der Waals surface area contributed by atoms with E-state index in [2.05, 4.69) is 14.9 Å². The van der Waals surface area contributed by atoms with Crippen molar-refractivity contribution in [2.24, 2.45) is 10.9 Å². The number of likely N-dealkylation sites (tertiary alicyclic amines) is 1. The molecular formula is C27H27FN4O. The maximum absolute atomic E-state index is 14.0. The van der Waals surface area contributed by atoms with Crippen LogP contribution < -0.4 is 0 Å². The van der Waals surface area contributed by atoms with Crippen LogP contribution in [0.4, 0.5) is 4.39 Å². The van der Waals surface area contributed by atoms with E-state index >= 15 is 0 Å². The molecule has 0 N–H and O–H groups in total. The lowest BCUT2D eigenvalue weighted by molar-refractivity contribution is 0.0911. The fourth-order valence-electron chi connectivity index (χ4n) is 4.89. The summed E-state index contributed by atoms with van der Waals surface area (Å²) in [5.41, 5.74) is 6.33. The number of pyridine rings is 2. The van der Waals surface area contributed by atoms with Crippen LogP contribution in [0.15, 0.2) is 59.9 Å². The summed E-state index contributed by atoms with van der Waals surface area (Å²) < 4.78 is 14.0. The van der Waals surface area contributed by atoms with E-state index in [4.69, 9.17) is 4.99 Å². The SMILES string of the molecule is Cc1cc(C2=NCc3ccc(C(=O)C[C@@H]4CCCN(Cc5ncccc5F)C4)cc32)ccn1. The van der Waals surface area contributed by atoms with Gasteiger partial charge in [0.05, 0.1) is 18.0 Å². The Hall–Kier alpha value is -3.25. The first-order chi connectivity index (χ1) is 16.1. The number of aromatic nitrogens is 2. The Morgan fingerprint density at radius 1 is 1.15 bits per heavy atom. The Balaban J connectivity index is 1.27. The molecule has 0 spiro atoms. The number of carbonyl (C=O) groups excluding carboxylic acids is 1. The summed E-state index contributed by atoms with van der Waals surface area (Å²) in [4.78, 5) is 28.6. The molecule has 0 radical (unpaired) electrons. The molecule has 0 unspecified atom stereocenters. The number of rotatable bonds is 6. The normalized spacial score (nSPS) is 18.1. The minimum atomic E-state index is -0.268. The number of carbonyl (C=O) groups is 1. The molecule has 1 fully saturated rings. The molecule has 0 amide bonds. The van der Waals surface area contributed by atoms with Gasteiger partial charge in [0.25, 0.3) is 0 Å². The Labute approximate surface area is 193 Å².